The largest absolute Gasteiger partial charge is 0.0622 e. The lowest BCUT2D eigenvalue weighted by Gasteiger charge is -2.23. The molecule has 1 aliphatic carbocycles. The summed E-state index contributed by atoms with van der Waals surface area (Å²) in [5, 5.41) is 0. The predicted molar refractivity (Wildman–Crippen MR) is 93.7 cm³/mol. The predicted octanol–water partition coefficient (Wildman–Crippen LogP) is 6.17. The Labute approximate surface area is 135 Å². The van der Waals surface area contributed by atoms with Crippen molar-refractivity contribution in [2.45, 2.75) is 0 Å². The molecule has 0 amide bonds. The van der Waals surface area contributed by atoms with Crippen LogP contribution in [0.5, 0.6) is 0 Å². The number of halogens is 2. The van der Waals surface area contributed by atoms with E-state index in [4.69, 9.17) is 0 Å². The molecule has 2 aromatic rings. The van der Waals surface area contributed by atoms with E-state index in [9.17, 15) is 0 Å². The van der Waals surface area contributed by atoms with E-state index in [0.717, 1.165) is 8.96 Å². The zero-order chi connectivity index (χ0) is 13.9. The summed E-state index contributed by atoms with van der Waals surface area (Å²) in [4.78, 5) is 0. The van der Waals surface area contributed by atoms with Gasteiger partial charge in [0.05, 0.1) is 0 Å². The van der Waals surface area contributed by atoms with Gasteiger partial charge < -0.3 is 0 Å². The standard InChI is InChI=1S/C18H12Br2/c19-17-15(11-13-7-3-1-4-8-13)16(18(17)20)12-14-9-5-2-6-10-14/h1-12H. The highest BCUT2D eigenvalue weighted by Gasteiger charge is 2.25. The summed E-state index contributed by atoms with van der Waals surface area (Å²) >= 11 is 7.25. The van der Waals surface area contributed by atoms with Gasteiger partial charge in [0.2, 0.25) is 0 Å². The molecule has 0 atom stereocenters. The summed E-state index contributed by atoms with van der Waals surface area (Å²) in [6, 6.07) is 20.7. The molecule has 2 heteroatoms. The maximum Gasteiger partial charge on any atom is 0.0402 e. The molecule has 1 aliphatic rings. The van der Waals surface area contributed by atoms with Crippen LogP contribution in [0.4, 0.5) is 0 Å². The topological polar surface area (TPSA) is 0 Å². The molecule has 0 saturated carbocycles. The van der Waals surface area contributed by atoms with Gasteiger partial charge in [-0.1, -0.05) is 60.7 Å². The number of benzene rings is 2. The summed E-state index contributed by atoms with van der Waals surface area (Å²) in [5.41, 5.74) is 4.87. The van der Waals surface area contributed by atoms with Crippen molar-refractivity contribution in [2.75, 3.05) is 0 Å². The van der Waals surface area contributed by atoms with Crippen LogP contribution in [0.3, 0.4) is 0 Å². The molecule has 0 radical (unpaired) electrons. The van der Waals surface area contributed by atoms with Gasteiger partial charge in [-0.15, -0.1) is 0 Å². The van der Waals surface area contributed by atoms with E-state index < -0.39 is 0 Å². The van der Waals surface area contributed by atoms with Crippen LogP contribution >= 0.6 is 31.9 Å². The lowest BCUT2D eigenvalue weighted by molar-refractivity contribution is 1.44. The summed E-state index contributed by atoms with van der Waals surface area (Å²) in [6.07, 6.45) is 4.40. The van der Waals surface area contributed by atoms with E-state index in [1.807, 2.05) is 12.1 Å². The van der Waals surface area contributed by atoms with Crippen molar-refractivity contribution in [3.8, 4) is 0 Å². The van der Waals surface area contributed by atoms with Crippen molar-refractivity contribution in [1.82, 2.24) is 0 Å². The van der Waals surface area contributed by atoms with Crippen LogP contribution in [0.1, 0.15) is 11.1 Å². The highest BCUT2D eigenvalue weighted by molar-refractivity contribution is 9.14. The van der Waals surface area contributed by atoms with E-state index in [2.05, 4.69) is 92.5 Å². The van der Waals surface area contributed by atoms with E-state index in [1.165, 1.54) is 22.3 Å². The van der Waals surface area contributed by atoms with Gasteiger partial charge >= 0.3 is 0 Å². The van der Waals surface area contributed by atoms with E-state index >= 15 is 0 Å². The molecule has 0 bridgehead atoms. The minimum absolute atomic E-state index is 1.13. The fraction of sp³-hybridized carbons (Fsp3) is 0. The lowest BCUT2D eigenvalue weighted by atomic mass is 9.91. The molecule has 0 spiro atoms. The average Bonchev–Trinajstić information content (AvgIpc) is 2.52. The van der Waals surface area contributed by atoms with Gasteiger partial charge in [0.1, 0.15) is 0 Å². The van der Waals surface area contributed by atoms with Crippen LogP contribution in [-0.2, 0) is 0 Å². The second-order valence-corrected chi connectivity index (χ2v) is 6.15. The minimum atomic E-state index is 1.13. The minimum Gasteiger partial charge on any atom is -0.0622 e. The first-order chi connectivity index (χ1) is 9.75. The van der Waals surface area contributed by atoms with Crippen molar-refractivity contribution >= 4 is 44.0 Å². The van der Waals surface area contributed by atoms with Gasteiger partial charge in [0.25, 0.3) is 0 Å². The number of rotatable bonds is 2. The van der Waals surface area contributed by atoms with Crippen LogP contribution in [0.2, 0.25) is 0 Å². The van der Waals surface area contributed by atoms with E-state index in [1.54, 1.807) is 0 Å². The molecule has 20 heavy (non-hydrogen) atoms. The molecule has 0 N–H and O–H groups in total. The van der Waals surface area contributed by atoms with Crippen molar-refractivity contribution in [2.24, 2.45) is 0 Å². The third-order valence-corrected chi connectivity index (χ3v) is 5.36. The van der Waals surface area contributed by atoms with Crippen LogP contribution in [-0.4, -0.2) is 0 Å². The molecule has 0 heterocycles. The Kier molecular flexibility index (Phi) is 4.04. The molecule has 0 fully saturated rings. The first kappa shape index (κ1) is 13.6. The van der Waals surface area contributed by atoms with Gasteiger partial charge in [-0.3, -0.25) is 0 Å². The second kappa shape index (κ2) is 5.94. The SMILES string of the molecule is BrC1=C(Br)C(=Cc2ccccc2)C1=Cc1ccccc1. The summed E-state index contributed by atoms with van der Waals surface area (Å²) in [5.74, 6) is 0. The molecule has 0 unspecified atom stereocenters. The average molecular weight is 388 g/mol. The quantitative estimate of drug-likeness (QED) is 0.578. The van der Waals surface area contributed by atoms with Crippen molar-refractivity contribution in [1.29, 1.82) is 0 Å². The van der Waals surface area contributed by atoms with Crippen LogP contribution in [0.25, 0.3) is 12.2 Å². The van der Waals surface area contributed by atoms with Crippen LogP contribution < -0.4 is 0 Å². The van der Waals surface area contributed by atoms with Crippen molar-refractivity contribution in [3.63, 3.8) is 0 Å². The van der Waals surface area contributed by atoms with Crippen molar-refractivity contribution < 1.29 is 0 Å². The van der Waals surface area contributed by atoms with Crippen molar-refractivity contribution in [3.05, 3.63) is 91.9 Å². The monoisotopic (exact) mass is 386 g/mol. The fourth-order valence-electron chi connectivity index (χ4n) is 2.12. The maximum absolute atomic E-state index is 3.63. The molecule has 2 aromatic carbocycles. The summed E-state index contributed by atoms with van der Waals surface area (Å²) < 4.78 is 2.26. The van der Waals surface area contributed by atoms with Gasteiger partial charge in [0, 0.05) is 8.96 Å². The second-order valence-electron chi connectivity index (χ2n) is 4.57. The number of allylic oxidation sites excluding steroid dienone is 4. The molecule has 0 aliphatic heterocycles. The van der Waals surface area contributed by atoms with E-state index in [-0.39, 0.29) is 0 Å². The molecule has 3 rings (SSSR count). The molecular weight excluding hydrogens is 376 g/mol. The molecular formula is C18H12Br2. The summed E-state index contributed by atoms with van der Waals surface area (Å²) in [7, 11) is 0. The van der Waals surface area contributed by atoms with Gasteiger partial charge in [-0.2, -0.15) is 0 Å². The fourth-order valence-corrected chi connectivity index (χ4v) is 3.21. The Bertz CT molecular complexity index is 644. The highest BCUT2D eigenvalue weighted by Crippen LogP contribution is 2.48. The molecule has 98 valence electrons. The smallest absolute Gasteiger partial charge is 0.0402 e. The maximum atomic E-state index is 3.63. The molecule has 0 saturated heterocycles. The third kappa shape index (κ3) is 2.72. The summed E-state index contributed by atoms with van der Waals surface area (Å²) in [6.45, 7) is 0. The normalized spacial score (nSPS) is 18.5. The Morgan fingerprint density at radius 3 is 1.25 bits per heavy atom. The van der Waals surface area contributed by atoms with E-state index in [0.29, 0.717) is 0 Å². The lowest BCUT2D eigenvalue weighted by Crippen LogP contribution is -2.04. The first-order valence-electron chi connectivity index (χ1n) is 6.35. The highest BCUT2D eigenvalue weighted by atomic mass is 79.9. The molecule has 0 nitrogen and oxygen atoms in total. The zero-order valence-corrected chi connectivity index (χ0v) is 13.9. The third-order valence-electron chi connectivity index (χ3n) is 3.18. The Balaban J connectivity index is 2.00. The number of hydrogen-bond acceptors (Lipinski definition) is 0. The Hall–Kier alpha value is -1.38. The molecule has 0 aromatic heterocycles. The first-order valence-corrected chi connectivity index (χ1v) is 7.94. The Morgan fingerprint density at radius 2 is 0.900 bits per heavy atom. The van der Waals surface area contributed by atoms with Gasteiger partial charge in [0.15, 0.2) is 0 Å². The van der Waals surface area contributed by atoms with Crippen LogP contribution in [0, 0.1) is 0 Å². The Morgan fingerprint density at radius 1 is 0.550 bits per heavy atom. The van der Waals surface area contributed by atoms with Gasteiger partial charge in [-0.25, -0.2) is 0 Å². The zero-order valence-electron chi connectivity index (χ0n) is 10.7. The van der Waals surface area contributed by atoms with Crippen LogP contribution in [0.15, 0.2) is 80.8 Å². The number of hydrogen-bond donors (Lipinski definition) is 0. The van der Waals surface area contributed by atoms with Gasteiger partial charge in [-0.05, 0) is 66.3 Å².